The van der Waals surface area contributed by atoms with Gasteiger partial charge in [0.25, 0.3) is 11.8 Å². The van der Waals surface area contributed by atoms with E-state index in [1.807, 2.05) is 29.6 Å². The molecule has 0 aliphatic carbocycles. The van der Waals surface area contributed by atoms with Crippen LogP contribution in [0.2, 0.25) is 0 Å². The Morgan fingerprint density at radius 1 is 1.12 bits per heavy atom. The number of thiophene rings is 1. The summed E-state index contributed by atoms with van der Waals surface area (Å²) >= 11 is 1.40. The number of anilines is 1. The second-order valence-corrected chi connectivity index (χ2v) is 8.90. The molecule has 32 heavy (non-hydrogen) atoms. The van der Waals surface area contributed by atoms with E-state index in [4.69, 9.17) is 9.15 Å². The number of aromatic nitrogens is 2. The maximum Gasteiger partial charge on any atom is 0.437 e. The fourth-order valence-electron chi connectivity index (χ4n) is 3.23. The normalized spacial score (nSPS) is 11.2. The van der Waals surface area contributed by atoms with Crippen LogP contribution >= 0.6 is 11.3 Å². The lowest BCUT2D eigenvalue weighted by molar-refractivity contribution is -0.147. The molecule has 3 aromatic rings. The van der Waals surface area contributed by atoms with Crippen molar-refractivity contribution in [2.45, 2.75) is 52.5 Å². The molecule has 0 atom stereocenters. The highest BCUT2D eigenvalue weighted by atomic mass is 32.1. The second kappa shape index (κ2) is 10.4. The number of hydrogen-bond acceptors (Lipinski definition) is 7. The summed E-state index contributed by atoms with van der Waals surface area (Å²) < 4.78 is 11.3. The molecular weight excluding hydrogens is 430 g/mol. The number of esters is 1. The van der Waals surface area contributed by atoms with Crippen molar-refractivity contribution < 1.29 is 18.7 Å². The molecule has 0 radical (unpaired) electrons. The van der Waals surface area contributed by atoms with Crippen LogP contribution < -0.4 is 11.1 Å². The number of rotatable bonds is 9. The first-order valence-electron chi connectivity index (χ1n) is 10.5. The summed E-state index contributed by atoms with van der Waals surface area (Å²) in [5.74, 6) is -0.994. The lowest BCUT2D eigenvalue weighted by atomic mass is 9.92. The molecule has 0 aliphatic rings. The summed E-state index contributed by atoms with van der Waals surface area (Å²) in [6.45, 7) is 7.84. The lowest BCUT2D eigenvalue weighted by Gasteiger charge is -2.20. The minimum atomic E-state index is -0.648. The van der Waals surface area contributed by atoms with Gasteiger partial charge >= 0.3 is 11.7 Å². The molecule has 1 N–H and O–H groups in total. The smallest absolute Gasteiger partial charge is 0.437 e. The van der Waals surface area contributed by atoms with Crippen LogP contribution in [-0.2, 0) is 20.9 Å². The van der Waals surface area contributed by atoms with Gasteiger partial charge < -0.3 is 14.5 Å². The number of carbonyl (C=O) groups excluding carboxylic acids is 2. The van der Waals surface area contributed by atoms with E-state index < -0.39 is 24.2 Å². The standard InChI is InChI=1S/C23H27N3O5S/c1-14(2)16-7-5-8-17(15(3)4)21(16)24-19(27)13-30-20(28)10-11-26-23(29)31-22(25-26)18-9-6-12-32-18/h5-9,12,14-15H,10-11,13H2,1-4H3,(H,24,27). The van der Waals surface area contributed by atoms with Gasteiger partial charge in [0.05, 0.1) is 17.8 Å². The molecule has 3 rings (SSSR count). The van der Waals surface area contributed by atoms with Crippen molar-refractivity contribution in [1.82, 2.24) is 9.78 Å². The topological polar surface area (TPSA) is 103 Å². The Morgan fingerprint density at radius 3 is 2.41 bits per heavy atom. The van der Waals surface area contributed by atoms with Crippen LogP contribution in [0.1, 0.15) is 57.1 Å². The molecule has 8 nitrogen and oxygen atoms in total. The zero-order valence-electron chi connectivity index (χ0n) is 18.6. The Hall–Kier alpha value is -3.20. The summed E-state index contributed by atoms with van der Waals surface area (Å²) in [5.41, 5.74) is 2.83. The third kappa shape index (κ3) is 5.73. The predicted molar refractivity (Wildman–Crippen MR) is 123 cm³/mol. The minimum Gasteiger partial charge on any atom is -0.456 e. The van der Waals surface area contributed by atoms with Gasteiger partial charge in [0.15, 0.2) is 6.61 Å². The van der Waals surface area contributed by atoms with Crippen LogP contribution in [0, 0.1) is 0 Å². The van der Waals surface area contributed by atoms with Gasteiger partial charge in [0.2, 0.25) is 0 Å². The van der Waals surface area contributed by atoms with Crippen LogP contribution in [0.25, 0.3) is 10.8 Å². The van der Waals surface area contributed by atoms with Crippen molar-refractivity contribution in [2.75, 3.05) is 11.9 Å². The van der Waals surface area contributed by atoms with Crippen molar-refractivity contribution in [3.8, 4) is 10.8 Å². The van der Waals surface area contributed by atoms with Crippen molar-refractivity contribution in [2.24, 2.45) is 0 Å². The van der Waals surface area contributed by atoms with E-state index in [1.165, 1.54) is 11.3 Å². The highest BCUT2D eigenvalue weighted by Gasteiger charge is 2.17. The first kappa shape index (κ1) is 23.5. The number of nitrogens with zero attached hydrogens (tertiary/aromatic N) is 2. The SMILES string of the molecule is CC(C)c1cccc(C(C)C)c1NC(=O)COC(=O)CCn1nc(-c2cccs2)oc1=O. The third-order valence-corrected chi connectivity index (χ3v) is 5.73. The van der Waals surface area contributed by atoms with Crippen LogP contribution in [0.3, 0.4) is 0 Å². The number of ether oxygens (including phenoxy) is 1. The van der Waals surface area contributed by atoms with Gasteiger partial charge in [-0.3, -0.25) is 9.59 Å². The fraction of sp³-hybridized carbons (Fsp3) is 0.391. The molecule has 0 spiro atoms. The van der Waals surface area contributed by atoms with Gasteiger partial charge in [-0.05, 0) is 34.4 Å². The molecule has 0 aliphatic heterocycles. The van der Waals surface area contributed by atoms with Gasteiger partial charge in [-0.2, -0.15) is 4.68 Å². The summed E-state index contributed by atoms with van der Waals surface area (Å²) in [6, 6.07) is 9.56. The van der Waals surface area contributed by atoms with Gasteiger partial charge in [-0.1, -0.05) is 52.0 Å². The molecule has 0 fully saturated rings. The van der Waals surface area contributed by atoms with Gasteiger partial charge in [-0.25, -0.2) is 4.79 Å². The Labute approximate surface area is 190 Å². The molecule has 2 aromatic heterocycles. The quantitative estimate of drug-likeness (QED) is 0.478. The first-order valence-corrected chi connectivity index (χ1v) is 11.3. The van der Waals surface area contributed by atoms with Gasteiger partial charge in [0.1, 0.15) is 0 Å². The third-order valence-electron chi connectivity index (χ3n) is 4.87. The minimum absolute atomic E-state index is 0.00183. The zero-order valence-corrected chi connectivity index (χ0v) is 19.4. The molecular formula is C23H27N3O5S. The highest BCUT2D eigenvalue weighted by Crippen LogP contribution is 2.32. The van der Waals surface area contributed by atoms with Crippen LogP contribution in [0.15, 0.2) is 44.9 Å². The number of hydrogen-bond donors (Lipinski definition) is 1. The van der Waals surface area contributed by atoms with Crippen LogP contribution in [0.4, 0.5) is 5.69 Å². The maximum atomic E-state index is 12.5. The average molecular weight is 458 g/mol. The number of para-hydroxylation sites is 1. The fourth-order valence-corrected chi connectivity index (χ4v) is 3.88. The largest absolute Gasteiger partial charge is 0.456 e. The monoisotopic (exact) mass is 457 g/mol. The Balaban J connectivity index is 1.55. The number of benzene rings is 1. The predicted octanol–water partition coefficient (Wildman–Crippen LogP) is 4.38. The van der Waals surface area contributed by atoms with Crippen molar-refractivity contribution in [3.63, 3.8) is 0 Å². The van der Waals surface area contributed by atoms with Gasteiger partial charge in [0, 0.05) is 5.69 Å². The molecule has 170 valence electrons. The zero-order chi connectivity index (χ0) is 23.3. The van der Waals surface area contributed by atoms with E-state index in [1.54, 1.807) is 6.07 Å². The summed E-state index contributed by atoms with van der Waals surface area (Å²) in [7, 11) is 0. The Bertz CT molecular complexity index is 1100. The van der Waals surface area contributed by atoms with E-state index in [0.717, 1.165) is 26.4 Å². The number of aryl methyl sites for hydroxylation is 1. The van der Waals surface area contributed by atoms with E-state index in [9.17, 15) is 14.4 Å². The highest BCUT2D eigenvalue weighted by molar-refractivity contribution is 7.13. The molecule has 2 heterocycles. The molecule has 1 amide bonds. The number of amides is 1. The molecule has 0 saturated carbocycles. The Kier molecular flexibility index (Phi) is 7.63. The van der Waals surface area contributed by atoms with Crippen molar-refractivity contribution in [3.05, 3.63) is 57.4 Å². The van der Waals surface area contributed by atoms with Crippen LogP contribution in [0.5, 0.6) is 0 Å². The lowest BCUT2D eigenvalue weighted by Crippen LogP contribution is -2.24. The van der Waals surface area contributed by atoms with E-state index in [-0.39, 0.29) is 30.7 Å². The van der Waals surface area contributed by atoms with E-state index in [0.29, 0.717) is 0 Å². The summed E-state index contributed by atoms with van der Waals surface area (Å²) in [5, 5.41) is 8.84. The summed E-state index contributed by atoms with van der Waals surface area (Å²) in [4.78, 5) is 37.2. The van der Waals surface area contributed by atoms with Crippen molar-refractivity contribution >= 4 is 28.9 Å². The maximum absolute atomic E-state index is 12.5. The molecule has 0 saturated heterocycles. The van der Waals surface area contributed by atoms with Crippen molar-refractivity contribution in [1.29, 1.82) is 0 Å². The van der Waals surface area contributed by atoms with Crippen LogP contribution in [-0.4, -0.2) is 28.3 Å². The Morgan fingerprint density at radius 2 is 1.81 bits per heavy atom. The van der Waals surface area contributed by atoms with Gasteiger partial charge in [-0.15, -0.1) is 16.4 Å². The van der Waals surface area contributed by atoms with E-state index >= 15 is 0 Å². The molecule has 0 unspecified atom stereocenters. The average Bonchev–Trinajstić information content (AvgIpc) is 3.40. The second-order valence-electron chi connectivity index (χ2n) is 7.95. The first-order chi connectivity index (χ1) is 15.3. The molecule has 1 aromatic carbocycles. The van der Waals surface area contributed by atoms with E-state index in [2.05, 4.69) is 38.1 Å². The molecule has 9 heteroatoms. The number of nitrogens with one attached hydrogen (secondary N) is 1. The summed E-state index contributed by atoms with van der Waals surface area (Å²) in [6.07, 6.45) is -0.108. The number of carbonyl (C=O) groups is 2. The molecule has 0 bridgehead atoms.